The molecule has 5 nitrogen and oxygen atoms in total. The zero-order chi connectivity index (χ0) is 20.8. The van der Waals surface area contributed by atoms with Crippen LogP contribution in [0.3, 0.4) is 0 Å². The van der Waals surface area contributed by atoms with Crippen LogP contribution in [0.1, 0.15) is 28.4 Å². The van der Waals surface area contributed by atoms with Crippen molar-refractivity contribution >= 4 is 5.91 Å². The van der Waals surface area contributed by atoms with E-state index in [9.17, 15) is 4.79 Å². The Balaban J connectivity index is 1.27. The lowest BCUT2D eigenvalue weighted by Crippen LogP contribution is -2.47. The molecule has 2 aromatic carbocycles. The van der Waals surface area contributed by atoms with Crippen molar-refractivity contribution in [1.29, 1.82) is 0 Å². The maximum Gasteiger partial charge on any atom is 0.251 e. The van der Waals surface area contributed by atoms with E-state index in [4.69, 9.17) is 0 Å². The van der Waals surface area contributed by atoms with Gasteiger partial charge in [0.2, 0.25) is 0 Å². The maximum absolute atomic E-state index is 12.5. The predicted molar refractivity (Wildman–Crippen MR) is 121 cm³/mol. The first-order valence-electron chi connectivity index (χ1n) is 10.7. The molecule has 1 aromatic heterocycles. The molecule has 3 aromatic rings. The molecular weight excluding hydrogens is 372 g/mol. The quantitative estimate of drug-likeness (QED) is 0.614. The number of likely N-dealkylation sites (N-methyl/N-ethyl adjacent to an activating group) is 1. The lowest BCUT2D eigenvalue weighted by Gasteiger charge is -2.40. The SMILES string of the molecule is CN1CCN(CCCNC(=O)c2ccc(-n3cccc3)cc2)C(c2ccccc2)C1. The molecule has 2 heterocycles. The number of hydrogen-bond donors (Lipinski definition) is 1. The van der Waals surface area contributed by atoms with E-state index in [1.807, 2.05) is 53.4 Å². The number of benzene rings is 2. The van der Waals surface area contributed by atoms with Gasteiger partial charge >= 0.3 is 0 Å². The maximum atomic E-state index is 12.5. The van der Waals surface area contributed by atoms with Gasteiger partial charge in [-0.1, -0.05) is 30.3 Å². The summed E-state index contributed by atoms with van der Waals surface area (Å²) < 4.78 is 2.03. The van der Waals surface area contributed by atoms with Crippen molar-refractivity contribution in [2.45, 2.75) is 12.5 Å². The van der Waals surface area contributed by atoms with E-state index in [1.165, 1.54) is 5.56 Å². The third kappa shape index (κ3) is 4.99. The Morgan fingerprint density at radius 1 is 0.967 bits per heavy atom. The molecule has 1 fully saturated rings. The summed E-state index contributed by atoms with van der Waals surface area (Å²) in [6.07, 6.45) is 4.94. The highest BCUT2D eigenvalue weighted by Crippen LogP contribution is 2.24. The van der Waals surface area contributed by atoms with Gasteiger partial charge in [0.05, 0.1) is 0 Å². The van der Waals surface area contributed by atoms with Gasteiger partial charge in [0.25, 0.3) is 5.91 Å². The molecule has 0 spiro atoms. The number of carbonyl (C=O) groups is 1. The molecule has 4 rings (SSSR count). The Morgan fingerprint density at radius 2 is 1.70 bits per heavy atom. The Bertz CT molecular complexity index is 922. The van der Waals surface area contributed by atoms with E-state index in [-0.39, 0.29) is 5.91 Å². The third-order valence-electron chi connectivity index (χ3n) is 5.82. The summed E-state index contributed by atoms with van der Waals surface area (Å²) in [4.78, 5) is 17.4. The summed E-state index contributed by atoms with van der Waals surface area (Å²) in [6, 6.07) is 22.9. The Labute approximate surface area is 178 Å². The number of nitrogens with zero attached hydrogens (tertiary/aromatic N) is 3. The van der Waals surface area contributed by atoms with Gasteiger partial charge in [0.15, 0.2) is 0 Å². The van der Waals surface area contributed by atoms with Crippen LogP contribution >= 0.6 is 0 Å². The summed E-state index contributed by atoms with van der Waals surface area (Å²) in [5.74, 6) is -0.00737. The number of amides is 1. The lowest BCUT2D eigenvalue weighted by atomic mass is 10.0. The topological polar surface area (TPSA) is 40.5 Å². The summed E-state index contributed by atoms with van der Waals surface area (Å²) in [5, 5.41) is 3.07. The summed E-state index contributed by atoms with van der Waals surface area (Å²) in [7, 11) is 2.19. The van der Waals surface area contributed by atoms with E-state index >= 15 is 0 Å². The number of rotatable bonds is 7. The Kier molecular flexibility index (Phi) is 6.62. The molecule has 1 saturated heterocycles. The van der Waals surface area contributed by atoms with Gasteiger partial charge in [-0.05, 0) is 55.4 Å². The van der Waals surface area contributed by atoms with Gasteiger partial charge in [-0.25, -0.2) is 0 Å². The minimum absolute atomic E-state index is 0.00737. The van der Waals surface area contributed by atoms with E-state index in [1.54, 1.807) is 0 Å². The second-order valence-electron chi connectivity index (χ2n) is 7.97. The minimum Gasteiger partial charge on any atom is -0.352 e. The Hall–Kier alpha value is -2.89. The molecule has 0 radical (unpaired) electrons. The van der Waals surface area contributed by atoms with Crippen molar-refractivity contribution in [3.8, 4) is 5.69 Å². The largest absolute Gasteiger partial charge is 0.352 e. The van der Waals surface area contributed by atoms with Crippen molar-refractivity contribution in [3.63, 3.8) is 0 Å². The lowest BCUT2D eigenvalue weighted by molar-refractivity contribution is 0.0866. The van der Waals surface area contributed by atoms with Gasteiger partial charge < -0.3 is 14.8 Å². The number of carbonyl (C=O) groups excluding carboxylic acids is 1. The summed E-state index contributed by atoms with van der Waals surface area (Å²) in [6.45, 7) is 4.87. The zero-order valence-electron chi connectivity index (χ0n) is 17.6. The van der Waals surface area contributed by atoms with Crippen LogP contribution in [-0.2, 0) is 0 Å². The van der Waals surface area contributed by atoms with Gasteiger partial charge in [-0.15, -0.1) is 0 Å². The zero-order valence-corrected chi connectivity index (χ0v) is 17.6. The van der Waals surface area contributed by atoms with Crippen molar-refractivity contribution in [3.05, 3.63) is 90.3 Å². The predicted octanol–water partition coefficient (Wildman–Crippen LogP) is 3.59. The van der Waals surface area contributed by atoms with Gasteiger partial charge in [-0.3, -0.25) is 9.69 Å². The number of hydrogen-bond acceptors (Lipinski definition) is 3. The highest BCUT2D eigenvalue weighted by atomic mass is 16.1. The van der Waals surface area contributed by atoms with Crippen LogP contribution in [0.15, 0.2) is 79.1 Å². The van der Waals surface area contributed by atoms with Crippen LogP contribution < -0.4 is 5.32 Å². The molecule has 156 valence electrons. The summed E-state index contributed by atoms with van der Waals surface area (Å²) >= 11 is 0. The molecule has 30 heavy (non-hydrogen) atoms. The van der Waals surface area contributed by atoms with Crippen LogP contribution in [0.2, 0.25) is 0 Å². The number of piperazine rings is 1. The minimum atomic E-state index is -0.00737. The summed E-state index contributed by atoms with van der Waals surface area (Å²) in [5.41, 5.74) is 3.13. The van der Waals surface area contributed by atoms with Crippen LogP contribution in [-0.4, -0.2) is 60.0 Å². The molecule has 1 amide bonds. The van der Waals surface area contributed by atoms with Crippen molar-refractivity contribution < 1.29 is 4.79 Å². The van der Waals surface area contributed by atoms with Crippen LogP contribution in [0.25, 0.3) is 5.69 Å². The Morgan fingerprint density at radius 3 is 2.43 bits per heavy atom. The molecule has 0 saturated carbocycles. The fraction of sp³-hybridized carbons (Fsp3) is 0.320. The van der Waals surface area contributed by atoms with Gasteiger partial charge in [-0.2, -0.15) is 0 Å². The van der Waals surface area contributed by atoms with E-state index in [0.29, 0.717) is 18.2 Å². The van der Waals surface area contributed by atoms with Crippen molar-refractivity contribution in [2.24, 2.45) is 0 Å². The average molecular weight is 403 g/mol. The van der Waals surface area contributed by atoms with Crippen LogP contribution in [0, 0.1) is 0 Å². The highest BCUT2D eigenvalue weighted by molar-refractivity contribution is 5.94. The first kappa shape index (κ1) is 20.4. The molecule has 0 bridgehead atoms. The van der Waals surface area contributed by atoms with E-state index in [0.717, 1.165) is 38.3 Å². The monoisotopic (exact) mass is 402 g/mol. The normalized spacial score (nSPS) is 17.7. The first-order chi connectivity index (χ1) is 14.7. The molecule has 1 aliphatic rings. The van der Waals surface area contributed by atoms with Crippen LogP contribution in [0.4, 0.5) is 0 Å². The second kappa shape index (κ2) is 9.74. The van der Waals surface area contributed by atoms with Gasteiger partial charge in [0, 0.05) is 62.4 Å². The van der Waals surface area contributed by atoms with E-state index in [2.05, 4.69) is 52.5 Å². The second-order valence-corrected chi connectivity index (χ2v) is 7.97. The van der Waals surface area contributed by atoms with Crippen LogP contribution in [0.5, 0.6) is 0 Å². The molecular formula is C25H30N4O. The molecule has 5 heteroatoms. The van der Waals surface area contributed by atoms with Crippen molar-refractivity contribution in [1.82, 2.24) is 19.7 Å². The first-order valence-corrected chi connectivity index (χ1v) is 10.7. The average Bonchev–Trinajstić information content (AvgIpc) is 3.33. The molecule has 1 atom stereocenters. The van der Waals surface area contributed by atoms with Gasteiger partial charge in [0.1, 0.15) is 0 Å². The number of nitrogens with one attached hydrogen (secondary N) is 1. The molecule has 1 aliphatic heterocycles. The fourth-order valence-corrected chi connectivity index (χ4v) is 4.09. The molecule has 0 aliphatic carbocycles. The third-order valence-corrected chi connectivity index (χ3v) is 5.82. The fourth-order valence-electron chi connectivity index (χ4n) is 4.09. The van der Waals surface area contributed by atoms with E-state index < -0.39 is 0 Å². The number of aromatic nitrogens is 1. The van der Waals surface area contributed by atoms with Crippen molar-refractivity contribution in [2.75, 3.05) is 39.8 Å². The smallest absolute Gasteiger partial charge is 0.251 e. The highest BCUT2D eigenvalue weighted by Gasteiger charge is 2.25. The molecule has 1 N–H and O–H groups in total. The molecule has 1 unspecified atom stereocenters. The standard InChI is InChI=1S/C25H30N4O/c1-27-18-19-29(24(20-27)21-8-3-2-4-9-21)17-7-14-26-25(30)22-10-12-23(13-11-22)28-15-5-6-16-28/h2-6,8-13,15-16,24H,7,14,17-20H2,1H3,(H,26,30).